The van der Waals surface area contributed by atoms with Crippen LogP contribution in [0, 0.1) is 0 Å². The molecule has 0 atom stereocenters. The number of aldehydes is 1. The lowest BCUT2D eigenvalue weighted by molar-refractivity contribution is 0.112. The first-order chi connectivity index (χ1) is 13.7. The third-order valence-corrected chi connectivity index (χ3v) is 5.37. The molecule has 2 aromatic carbocycles. The van der Waals surface area contributed by atoms with Crippen LogP contribution in [0.4, 0.5) is 0 Å². The van der Waals surface area contributed by atoms with E-state index >= 15 is 0 Å². The molecule has 138 valence electrons. The summed E-state index contributed by atoms with van der Waals surface area (Å²) in [5.74, 6) is 0.240. The Morgan fingerprint density at radius 2 is 1.68 bits per heavy atom. The van der Waals surface area contributed by atoms with E-state index in [1.807, 2.05) is 52.9 Å². The number of nitrogens with zero attached hydrogens (tertiary/aromatic N) is 1. The Kier molecular flexibility index (Phi) is 5.03. The van der Waals surface area contributed by atoms with E-state index in [2.05, 4.69) is 0 Å². The highest BCUT2D eigenvalue weighted by Crippen LogP contribution is 2.34. The maximum absolute atomic E-state index is 12.9. The molecular weight excluding hydrogens is 393 g/mol. The average molecular weight is 408 g/mol. The number of carbonyl (C=O) groups is 1. The van der Waals surface area contributed by atoms with Gasteiger partial charge in [0.1, 0.15) is 0 Å². The molecule has 0 aliphatic heterocycles. The van der Waals surface area contributed by atoms with E-state index in [0.717, 1.165) is 23.1 Å². The van der Waals surface area contributed by atoms with Crippen molar-refractivity contribution in [2.75, 3.05) is 0 Å². The first-order valence-corrected chi connectivity index (χ1v) is 9.59. The van der Waals surface area contributed by atoms with Crippen LogP contribution in [0.15, 0.2) is 77.7 Å². The van der Waals surface area contributed by atoms with Crippen molar-refractivity contribution in [3.63, 3.8) is 0 Å². The lowest BCUT2D eigenvalue weighted by atomic mass is 9.98. The molecule has 0 N–H and O–H groups in total. The summed E-state index contributed by atoms with van der Waals surface area (Å²) in [5, 5.41) is 0.474. The zero-order valence-electron chi connectivity index (χ0n) is 14.7. The number of pyridine rings is 2. The predicted molar refractivity (Wildman–Crippen MR) is 114 cm³/mol. The van der Waals surface area contributed by atoms with Crippen molar-refractivity contribution in [3.05, 3.63) is 99.3 Å². The first-order valence-electron chi connectivity index (χ1n) is 8.68. The Bertz CT molecular complexity index is 1260. The van der Waals surface area contributed by atoms with E-state index in [-0.39, 0.29) is 11.3 Å². The highest BCUT2D eigenvalue weighted by atomic mass is 35.5. The van der Waals surface area contributed by atoms with Crippen molar-refractivity contribution in [2.24, 2.45) is 0 Å². The molecule has 0 saturated heterocycles. The van der Waals surface area contributed by atoms with E-state index in [9.17, 15) is 9.59 Å². The average Bonchev–Trinajstić information content (AvgIpc) is 2.73. The topological polar surface area (TPSA) is 38.5 Å². The summed E-state index contributed by atoms with van der Waals surface area (Å²) in [4.78, 5) is 24.4. The molecule has 2 heterocycles. The van der Waals surface area contributed by atoms with Gasteiger partial charge in [-0.3, -0.25) is 9.59 Å². The molecule has 2 aromatic heterocycles. The van der Waals surface area contributed by atoms with E-state index < -0.39 is 0 Å². The summed E-state index contributed by atoms with van der Waals surface area (Å²) in [7, 11) is 0. The van der Waals surface area contributed by atoms with Crippen LogP contribution in [0.3, 0.4) is 0 Å². The SMILES string of the molecule is O=Cc1ccccc1-c1cccc2c(-c3c(Cl)cccc3CCl)c(=O)ccn12. The molecule has 4 aromatic rings. The highest BCUT2D eigenvalue weighted by Gasteiger charge is 2.17. The molecule has 0 aliphatic carbocycles. The fourth-order valence-electron chi connectivity index (χ4n) is 3.50. The second kappa shape index (κ2) is 7.63. The number of aromatic nitrogens is 1. The Morgan fingerprint density at radius 3 is 2.46 bits per heavy atom. The third-order valence-electron chi connectivity index (χ3n) is 4.76. The van der Waals surface area contributed by atoms with Crippen LogP contribution in [0.1, 0.15) is 15.9 Å². The maximum atomic E-state index is 12.9. The van der Waals surface area contributed by atoms with Crippen LogP contribution in [-0.2, 0) is 5.88 Å². The molecule has 0 saturated carbocycles. The minimum Gasteiger partial charge on any atom is -0.316 e. The normalized spacial score (nSPS) is 10.9. The zero-order valence-corrected chi connectivity index (χ0v) is 16.2. The van der Waals surface area contributed by atoms with Gasteiger partial charge in [-0.25, -0.2) is 0 Å². The summed E-state index contributed by atoms with van der Waals surface area (Å²) in [6.45, 7) is 0. The van der Waals surface area contributed by atoms with Gasteiger partial charge in [-0.05, 0) is 23.8 Å². The van der Waals surface area contributed by atoms with Gasteiger partial charge in [0.15, 0.2) is 11.7 Å². The zero-order chi connectivity index (χ0) is 19.7. The smallest absolute Gasteiger partial charge is 0.190 e. The van der Waals surface area contributed by atoms with Gasteiger partial charge in [-0.15, -0.1) is 11.6 Å². The van der Waals surface area contributed by atoms with Gasteiger partial charge < -0.3 is 4.40 Å². The molecular formula is C23H15Cl2NO2. The Morgan fingerprint density at radius 1 is 0.893 bits per heavy atom. The van der Waals surface area contributed by atoms with Crippen LogP contribution in [0.5, 0.6) is 0 Å². The van der Waals surface area contributed by atoms with Crippen molar-refractivity contribution in [1.82, 2.24) is 4.40 Å². The van der Waals surface area contributed by atoms with Crippen molar-refractivity contribution >= 4 is 35.0 Å². The van der Waals surface area contributed by atoms with E-state index in [0.29, 0.717) is 27.2 Å². The standard InChI is InChI=1S/C23H15Cl2NO2/c24-13-15-6-3-8-18(25)22(15)23-20-10-4-9-19(26(20)12-11-21(23)28)17-7-2-1-5-16(17)14-27/h1-12,14H,13H2. The van der Waals surface area contributed by atoms with Gasteiger partial charge in [0.25, 0.3) is 0 Å². The molecule has 0 spiro atoms. The van der Waals surface area contributed by atoms with E-state index in [1.54, 1.807) is 18.3 Å². The number of alkyl halides is 1. The van der Waals surface area contributed by atoms with Crippen LogP contribution < -0.4 is 5.43 Å². The molecule has 3 nitrogen and oxygen atoms in total. The van der Waals surface area contributed by atoms with Crippen molar-refractivity contribution in [2.45, 2.75) is 5.88 Å². The Hall–Kier alpha value is -2.88. The summed E-state index contributed by atoms with van der Waals surface area (Å²) < 4.78 is 1.90. The number of hydrogen-bond donors (Lipinski definition) is 0. The van der Waals surface area contributed by atoms with Gasteiger partial charge in [0.05, 0.1) is 16.8 Å². The number of rotatable bonds is 4. The summed E-state index contributed by atoms with van der Waals surface area (Å²) in [5.41, 5.74) is 4.66. The summed E-state index contributed by atoms with van der Waals surface area (Å²) in [6.07, 6.45) is 2.55. The molecule has 0 unspecified atom stereocenters. The molecule has 0 aliphatic rings. The van der Waals surface area contributed by atoms with Crippen molar-refractivity contribution in [1.29, 1.82) is 0 Å². The minimum absolute atomic E-state index is 0.139. The van der Waals surface area contributed by atoms with Crippen LogP contribution in [-0.4, -0.2) is 10.7 Å². The molecule has 0 amide bonds. The number of benzene rings is 2. The lowest BCUT2D eigenvalue weighted by Gasteiger charge is -2.16. The van der Waals surface area contributed by atoms with Crippen molar-refractivity contribution < 1.29 is 4.79 Å². The van der Waals surface area contributed by atoms with E-state index in [4.69, 9.17) is 23.2 Å². The van der Waals surface area contributed by atoms with Gasteiger partial charge in [-0.1, -0.05) is 54.1 Å². The van der Waals surface area contributed by atoms with E-state index in [1.165, 1.54) is 6.07 Å². The Labute approximate surface area is 171 Å². The quantitative estimate of drug-likeness (QED) is 0.314. The number of hydrogen-bond acceptors (Lipinski definition) is 2. The second-order valence-electron chi connectivity index (χ2n) is 6.33. The summed E-state index contributed by atoms with van der Waals surface area (Å²) >= 11 is 12.6. The Balaban J connectivity index is 2.11. The molecule has 4 rings (SSSR count). The number of halogens is 2. The minimum atomic E-state index is -0.139. The number of carbonyl (C=O) groups excluding carboxylic acids is 1. The maximum Gasteiger partial charge on any atom is 0.190 e. The molecule has 0 bridgehead atoms. The van der Waals surface area contributed by atoms with Crippen molar-refractivity contribution in [3.8, 4) is 22.4 Å². The fraction of sp³-hybridized carbons (Fsp3) is 0.0435. The molecule has 0 fully saturated rings. The van der Waals surface area contributed by atoms with Gasteiger partial charge in [0.2, 0.25) is 0 Å². The summed E-state index contributed by atoms with van der Waals surface area (Å²) in [6, 6.07) is 19.9. The van der Waals surface area contributed by atoms with Crippen LogP contribution in [0.25, 0.3) is 27.9 Å². The van der Waals surface area contributed by atoms with Gasteiger partial charge in [0, 0.05) is 39.9 Å². The second-order valence-corrected chi connectivity index (χ2v) is 7.01. The third kappa shape index (κ3) is 3.03. The van der Waals surface area contributed by atoms with Gasteiger partial charge in [-0.2, -0.15) is 0 Å². The first kappa shape index (κ1) is 18.5. The largest absolute Gasteiger partial charge is 0.316 e. The predicted octanol–water partition coefficient (Wildman–Crippen LogP) is 5.84. The lowest BCUT2D eigenvalue weighted by Crippen LogP contribution is -2.10. The molecule has 0 radical (unpaired) electrons. The number of fused-ring (bicyclic) bond motifs is 1. The fourth-order valence-corrected chi connectivity index (χ4v) is 4.01. The van der Waals surface area contributed by atoms with Crippen LogP contribution >= 0.6 is 23.2 Å². The molecule has 28 heavy (non-hydrogen) atoms. The molecule has 5 heteroatoms. The monoisotopic (exact) mass is 407 g/mol. The highest BCUT2D eigenvalue weighted by molar-refractivity contribution is 6.34. The van der Waals surface area contributed by atoms with Crippen LogP contribution in [0.2, 0.25) is 5.02 Å². The van der Waals surface area contributed by atoms with Gasteiger partial charge >= 0.3 is 0 Å².